The first-order valence-electron chi connectivity index (χ1n) is 6.69. The number of H-pyrrole nitrogens is 1. The van der Waals surface area contributed by atoms with Crippen LogP contribution in [0.4, 0.5) is 11.5 Å². The van der Waals surface area contributed by atoms with Crippen LogP contribution in [0, 0.1) is 11.3 Å². The molecule has 2 aromatic carbocycles. The van der Waals surface area contributed by atoms with Crippen LogP contribution >= 0.6 is 0 Å². The summed E-state index contributed by atoms with van der Waals surface area (Å²) in [5.74, 6) is 1.28. The van der Waals surface area contributed by atoms with Crippen LogP contribution < -0.4 is 10.1 Å². The number of ether oxygens (including phenoxy) is 1. The van der Waals surface area contributed by atoms with E-state index in [1.807, 2.05) is 43.3 Å². The SMILES string of the molecule is CCOc1cc2c(Nc3ccccc3)n[nH]c2cc1C#N. The molecule has 0 saturated heterocycles. The second-order valence-corrected chi connectivity index (χ2v) is 4.50. The Balaban J connectivity index is 2.05. The van der Waals surface area contributed by atoms with Gasteiger partial charge in [-0.1, -0.05) is 18.2 Å². The van der Waals surface area contributed by atoms with Gasteiger partial charge in [0.05, 0.1) is 17.7 Å². The number of anilines is 2. The van der Waals surface area contributed by atoms with Gasteiger partial charge in [-0.05, 0) is 31.2 Å². The molecule has 1 heterocycles. The second kappa shape index (κ2) is 5.55. The number of benzene rings is 2. The standard InChI is InChI=1S/C16H14N4O/c1-2-21-15-9-13-14(8-11(15)10-17)19-20-16(13)18-12-6-4-3-5-7-12/h3-9H,2H2,1H3,(H2,18,19,20). The Morgan fingerprint density at radius 3 is 2.81 bits per heavy atom. The zero-order valence-corrected chi connectivity index (χ0v) is 11.6. The number of nitrogens with zero attached hydrogens (tertiary/aromatic N) is 2. The second-order valence-electron chi connectivity index (χ2n) is 4.50. The third-order valence-electron chi connectivity index (χ3n) is 3.12. The lowest BCUT2D eigenvalue weighted by molar-refractivity contribution is 0.340. The van der Waals surface area contributed by atoms with Crippen LogP contribution in [0.5, 0.6) is 5.75 Å². The Labute approximate surface area is 122 Å². The van der Waals surface area contributed by atoms with Crippen molar-refractivity contribution >= 4 is 22.4 Å². The highest BCUT2D eigenvalue weighted by Gasteiger charge is 2.11. The van der Waals surface area contributed by atoms with E-state index in [0.29, 0.717) is 23.7 Å². The smallest absolute Gasteiger partial charge is 0.160 e. The summed E-state index contributed by atoms with van der Waals surface area (Å²) >= 11 is 0. The fraction of sp³-hybridized carbons (Fsp3) is 0.125. The maximum absolute atomic E-state index is 9.17. The van der Waals surface area contributed by atoms with Crippen LogP contribution in [0.15, 0.2) is 42.5 Å². The molecule has 2 N–H and O–H groups in total. The van der Waals surface area contributed by atoms with Crippen molar-refractivity contribution in [3.63, 3.8) is 0 Å². The predicted molar refractivity (Wildman–Crippen MR) is 81.7 cm³/mol. The monoisotopic (exact) mass is 278 g/mol. The molecule has 0 bridgehead atoms. The fourth-order valence-corrected chi connectivity index (χ4v) is 2.16. The van der Waals surface area contributed by atoms with Gasteiger partial charge in [-0.3, -0.25) is 5.10 Å². The lowest BCUT2D eigenvalue weighted by Gasteiger charge is -2.06. The van der Waals surface area contributed by atoms with Crippen LogP contribution in [0.25, 0.3) is 10.9 Å². The van der Waals surface area contributed by atoms with Gasteiger partial charge in [-0.2, -0.15) is 10.4 Å². The number of hydrogen-bond acceptors (Lipinski definition) is 4. The van der Waals surface area contributed by atoms with Crippen molar-refractivity contribution in [2.24, 2.45) is 0 Å². The van der Waals surface area contributed by atoms with E-state index in [-0.39, 0.29) is 0 Å². The Bertz CT molecular complexity index is 802. The Hall–Kier alpha value is -3.00. The van der Waals surface area contributed by atoms with Crippen molar-refractivity contribution in [2.75, 3.05) is 11.9 Å². The number of para-hydroxylation sites is 1. The lowest BCUT2D eigenvalue weighted by Crippen LogP contribution is -1.95. The highest BCUT2D eigenvalue weighted by Crippen LogP contribution is 2.30. The number of aromatic amines is 1. The van der Waals surface area contributed by atoms with E-state index >= 15 is 0 Å². The minimum absolute atomic E-state index is 0.499. The molecule has 5 heteroatoms. The van der Waals surface area contributed by atoms with Crippen molar-refractivity contribution in [2.45, 2.75) is 6.92 Å². The molecule has 0 spiro atoms. The summed E-state index contributed by atoms with van der Waals surface area (Å²) in [6.45, 7) is 2.41. The third kappa shape index (κ3) is 2.51. The predicted octanol–water partition coefficient (Wildman–Crippen LogP) is 3.58. The summed E-state index contributed by atoms with van der Waals surface area (Å²) in [4.78, 5) is 0. The molecule has 3 aromatic rings. The number of nitrogens with one attached hydrogen (secondary N) is 2. The van der Waals surface area contributed by atoms with Gasteiger partial charge in [0, 0.05) is 11.1 Å². The van der Waals surface area contributed by atoms with Gasteiger partial charge in [0.25, 0.3) is 0 Å². The van der Waals surface area contributed by atoms with Crippen LogP contribution in [0.3, 0.4) is 0 Å². The molecule has 1 aromatic heterocycles. The number of nitriles is 1. The summed E-state index contributed by atoms with van der Waals surface area (Å²) in [5, 5.41) is 20.5. The van der Waals surface area contributed by atoms with E-state index < -0.39 is 0 Å². The first kappa shape index (κ1) is 13.0. The zero-order valence-electron chi connectivity index (χ0n) is 11.6. The van der Waals surface area contributed by atoms with Gasteiger partial charge in [0.1, 0.15) is 11.8 Å². The van der Waals surface area contributed by atoms with Crippen LogP contribution in [0.1, 0.15) is 12.5 Å². The van der Waals surface area contributed by atoms with Crippen molar-refractivity contribution in [1.29, 1.82) is 5.26 Å². The number of rotatable bonds is 4. The quantitative estimate of drug-likeness (QED) is 0.765. The van der Waals surface area contributed by atoms with E-state index in [0.717, 1.165) is 16.6 Å². The molecule has 0 aliphatic rings. The maximum atomic E-state index is 9.17. The molecule has 21 heavy (non-hydrogen) atoms. The molecular formula is C16H14N4O. The number of hydrogen-bond donors (Lipinski definition) is 2. The molecule has 0 atom stereocenters. The summed E-state index contributed by atoms with van der Waals surface area (Å²) in [6.07, 6.45) is 0. The Kier molecular flexibility index (Phi) is 3.44. The molecule has 104 valence electrons. The number of fused-ring (bicyclic) bond motifs is 1. The largest absolute Gasteiger partial charge is 0.492 e. The molecule has 0 aliphatic heterocycles. The molecule has 0 amide bonds. The van der Waals surface area contributed by atoms with Gasteiger partial charge in [0.15, 0.2) is 5.82 Å². The highest BCUT2D eigenvalue weighted by molar-refractivity contribution is 5.93. The van der Waals surface area contributed by atoms with Gasteiger partial charge in [-0.15, -0.1) is 0 Å². The van der Waals surface area contributed by atoms with Gasteiger partial charge in [0.2, 0.25) is 0 Å². The minimum Gasteiger partial charge on any atom is -0.492 e. The first-order chi connectivity index (χ1) is 10.3. The van der Waals surface area contributed by atoms with E-state index in [9.17, 15) is 0 Å². The molecule has 0 fully saturated rings. The van der Waals surface area contributed by atoms with E-state index in [4.69, 9.17) is 10.00 Å². The molecular weight excluding hydrogens is 264 g/mol. The normalized spacial score (nSPS) is 10.3. The molecule has 3 rings (SSSR count). The van der Waals surface area contributed by atoms with Gasteiger partial charge >= 0.3 is 0 Å². The topological polar surface area (TPSA) is 73.7 Å². The number of aromatic nitrogens is 2. The molecule has 0 unspecified atom stereocenters. The molecule has 5 nitrogen and oxygen atoms in total. The highest BCUT2D eigenvalue weighted by atomic mass is 16.5. The lowest BCUT2D eigenvalue weighted by atomic mass is 10.1. The molecule has 0 saturated carbocycles. The summed E-state index contributed by atoms with van der Waals surface area (Å²) in [6, 6.07) is 15.5. The van der Waals surface area contributed by atoms with Crippen molar-refractivity contribution < 1.29 is 4.74 Å². The van der Waals surface area contributed by atoms with E-state index in [1.54, 1.807) is 6.07 Å². The minimum atomic E-state index is 0.499. The van der Waals surface area contributed by atoms with Crippen molar-refractivity contribution in [1.82, 2.24) is 10.2 Å². The molecule has 0 radical (unpaired) electrons. The third-order valence-corrected chi connectivity index (χ3v) is 3.12. The summed E-state index contributed by atoms with van der Waals surface area (Å²) in [5.41, 5.74) is 2.25. The average Bonchev–Trinajstić information content (AvgIpc) is 2.90. The maximum Gasteiger partial charge on any atom is 0.160 e. The van der Waals surface area contributed by atoms with Crippen molar-refractivity contribution in [3.05, 3.63) is 48.0 Å². The molecule has 0 aliphatic carbocycles. The van der Waals surface area contributed by atoms with Crippen LogP contribution in [0.2, 0.25) is 0 Å². The Morgan fingerprint density at radius 2 is 2.10 bits per heavy atom. The summed E-state index contributed by atoms with van der Waals surface area (Å²) in [7, 11) is 0. The summed E-state index contributed by atoms with van der Waals surface area (Å²) < 4.78 is 5.52. The fourth-order valence-electron chi connectivity index (χ4n) is 2.16. The van der Waals surface area contributed by atoms with E-state index in [2.05, 4.69) is 21.6 Å². The average molecular weight is 278 g/mol. The van der Waals surface area contributed by atoms with E-state index in [1.165, 1.54) is 0 Å². The Morgan fingerprint density at radius 1 is 1.29 bits per heavy atom. The van der Waals surface area contributed by atoms with Crippen LogP contribution in [-0.2, 0) is 0 Å². The first-order valence-corrected chi connectivity index (χ1v) is 6.69. The zero-order chi connectivity index (χ0) is 14.7. The van der Waals surface area contributed by atoms with Gasteiger partial charge < -0.3 is 10.1 Å². The van der Waals surface area contributed by atoms with Crippen molar-refractivity contribution in [3.8, 4) is 11.8 Å². The van der Waals surface area contributed by atoms with Gasteiger partial charge in [-0.25, -0.2) is 0 Å². The van der Waals surface area contributed by atoms with Crippen LogP contribution in [-0.4, -0.2) is 16.8 Å².